The van der Waals surface area contributed by atoms with E-state index in [2.05, 4.69) is 16.9 Å². The molecule has 0 saturated heterocycles. The molecule has 0 fully saturated rings. The Bertz CT molecular complexity index is 859. The molecule has 0 radical (unpaired) electrons. The van der Waals surface area contributed by atoms with Gasteiger partial charge in [-0.1, -0.05) is 19.1 Å². The van der Waals surface area contributed by atoms with Crippen LogP contribution in [0.15, 0.2) is 35.8 Å². The van der Waals surface area contributed by atoms with E-state index in [1.807, 2.05) is 5.38 Å². The Balaban J connectivity index is 1.74. The van der Waals surface area contributed by atoms with Crippen LogP contribution >= 0.6 is 22.7 Å². The topological polar surface area (TPSA) is 46.1 Å². The molecule has 0 aliphatic rings. The first-order valence-electron chi connectivity index (χ1n) is 7.48. The van der Waals surface area contributed by atoms with Crippen LogP contribution in [0.3, 0.4) is 0 Å². The molecule has 0 saturated carbocycles. The highest BCUT2D eigenvalue weighted by Crippen LogP contribution is 2.28. The lowest BCUT2D eigenvalue weighted by molar-refractivity contribution is 0.0788. The highest BCUT2D eigenvalue weighted by molar-refractivity contribution is 7.16. The van der Waals surface area contributed by atoms with Gasteiger partial charge in [0, 0.05) is 18.0 Å². The van der Waals surface area contributed by atoms with Crippen LogP contribution in [0, 0.1) is 5.82 Å². The Morgan fingerprint density at radius 3 is 2.83 bits per heavy atom. The zero-order valence-corrected chi connectivity index (χ0v) is 15.0. The van der Waals surface area contributed by atoms with Crippen molar-refractivity contribution >= 4 is 28.6 Å². The van der Waals surface area contributed by atoms with Crippen molar-refractivity contribution in [1.29, 1.82) is 0 Å². The summed E-state index contributed by atoms with van der Waals surface area (Å²) in [4.78, 5) is 23.3. The molecule has 124 valence electrons. The first-order chi connectivity index (χ1) is 11.6. The number of carbonyl (C=O) groups is 1. The van der Waals surface area contributed by atoms with E-state index in [1.165, 1.54) is 23.6 Å². The molecule has 2 aromatic heterocycles. The van der Waals surface area contributed by atoms with Crippen LogP contribution in [0.1, 0.15) is 27.3 Å². The third-order valence-electron chi connectivity index (χ3n) is 3.47. The monoisotopic (exact) mass is 361 g/mol. The van der Waals surface area contributed by atoms with Crippen LogP contribution in [0.5, 0.6) is 0 Å². The lowest BCUT2D eigenvalue weighted by Crippen LogP contribution is -2.25. The maximum atomic E-state index is 13.8. The molecule has 1 aromatic carbocycles. The smallest absolute Gasteiger partial charge is 0.265 e. The molecule has 2 heterocycles. The van der Waals surface area contributed by atoms with E-state index in [0.29, 0.717) is 22.0 Å². The maximum absolute atomic E-state index is 13.8. The number of carbonyl (C=O) groups excluding carboxylic acids is 1. The fourth-order valence-electron chi connectivity index (χ4n) is 2.22. The molecule has 3 rings (SSSR count). The van der Waals surface area contributed by atoms with E-state index in [1.54, 1.807) is 41.5 Å². The number of aryl methyl sites for hydroxylation is 1. The minimum absolute atomic E-state index is 0.138. The summed E-state index contributed by atoms with van der Waals surface area (Å²) in [5.41, 5.74) is 1.29. The molecular weight excluding hydrogens is 345 g/mol. The van der Waals surface area contributed by atoms with Crippen LogP contribution in [-0.4, -0.2) is 27.8 Å². The normalized spacial score (nSPS) is 10.8. The van der Waals surface area contributed by atoms with Gasteiger partial charge >= 0.3 is 0 Å². The minimum atomic E-state index is -0.339. The standard InChI is InChI=1S/C17H16FN3OS2/c1-3-15-20-11(10-23-15)9-21(2)17(22)14-8-19-16(24-14)12-6-4-5-7-13(12)18/h4-8,10H,3,9H2,1-2H3. The number of hydrogen-bond donors (Lipinski definition) is 0. The molecule has 0 N–H and O–H groups in total. The fourth-order valence-corrected chi connectivity index (χ4v) is 3.89. The van der Waals surface area contributed by atoms with Gasteiger partial charge < -0.3 is 4.90 Å². The van der Waals surface area contributed by atoms with Crippen molar-refractivity contribution in [2.75, 3.05) is 7.05 Å². The Hall–Kier alpha value is -2.12. The fraction of sp³-hybridized carbons (Fsp3) is 0.235. The first-order valence-corrected chi connectivity index (χ1v) is 9.17. The number of hydrogen-bond acceptors (Lipinski definition) is 5. The predicted octanol–water partition coefficient (Wildman–Crippen LogP) is 4.24. The van der Waals surface area contributed by atoms with E-state index in [4.69, 9.17) is 0 Å². The second-order valence-corrected chi connectivity index (χ2v) is 7.23. The van der Waals surface area contributed by atoms with E-state index in [-0.39, 0.29) is 11.7 Å². The minimum Gasteiger partial charge on any atom is -0.335 e. The van der Waals surface area contributed by atoms with Crippen molar-refractivity contribution in [3.05, 3.63) is 57.2 Å². The van der Waals surface area contributed by atoms with Gasteiger partial charge in [0.2, 0.25) is 0 Å². The Morgan fingerprint density at radius 2 is 2.12 bits per heavy atom. The van der Waals surface area contributed by atoms with Gasteiger partial charge in [-0.05, 0) is 18.6 Å². The van der Waals surface area contributed by atoms with Gasteiger partial charge in [-0.25, -0.2) is 14.4 Å². The van der Waals surface area contributed by atoms with Gasteiger partial charge in [0.15, 0.2) is 0 Å². The molecule has 7 heteroatoms. The van der Waals surface area contributed by atoms with Gasteiger partial charge in [0.25, 0.3) is 5.91 Å². The summed E-state index contributed by atoms with van der Waals surface area (Å²) < 4.78 is 13.8. The first kappa shape index (κ1) is 16.7. The number of thiazole rings is 2. The van der Waals surface area contributed by atoms with Crippen LogP contribution in [0.4, 0.5) is 4.39 Å². The van der Waals surface area contributed by atoms with E-state index < -0.39 is 0 Å². The van der Waals surface area contributed by atoms with Crippen LogP contribution < -0.4 is 0 Å². The number of benzene rings is 1. The van der Waals surface area contributed by atoms with Gasteiger partial charge in [0.1, 0.15) is 15.7 Å². The zero-order chi connectivity index (χ0) is 17.1. The second kappa shape index (κ2) is 7.19. The van der Waals surface area contributed by atoms with Crippen molar-refractivity contribution < 1.29 is 9.18 Å². The third kappa shape index (κ3) is 3.52. The Labute approximate surface area is 147 Å². The average molecular weight is 361 g/mol. The highest BCUT2D eigenvalue weighted by Gasteiger charge is 2.18. The Kier molecular flexibility index (Phi) is 5.01. The molecule has 0 atom stereocenters. The van der Waals surface area contributed by atoms with Crippen molar-refractivity contribution in [3.63, 3.8) is 0 Å². The van der Waals surface area contributed by atoms with E-state index in [0.717, 1.165) is 17.1 Å². The predicted molar refractivity (Wildman–Crippen MR) is 94.8 cm³/mol. The summed E-state index contributed by atoms with van der Waals surface area (Å²) in [6, 6.07) is 6.43. The molecule has 0 aliphatic heterocycles. The number of amides is 1. The molecule has 4 nitrogen and oxygen atoms in total. The molecule has 0 spiro atoms. The average Bonchev–Trinajstić information content (AvgIpc) is 3.23. The molecule has 0 unspecified atom stereocenters. The molecule has 24 heavy (non-hydrogen) atoms. The van der Waals surface area contributed by atoms with Gasteiger partial charge in [-0.2, -0.15) is 0 Å². The Morgan fingerprint density at radius 1 is 1.33 bits per heavy atom. The summed E-state index contributed by atoms with van der Waals surface area (Å²) in [5.74, 6) is -0.477. The van der Waals surface area contributed by atoms with Crippen LogP contribution in [-0.2, 0) is 13.0 Å². The van der Waals surface area contributed by atoms with Crippen LogP contribution in [0.2, 0.25) is 0 Å². The van der Waals surface area contributed by atoms with Crippen LogP contribution in [0.25, 0.3) is 10.6 Å². The summed E-state index contributed by atoms with van der Waals surface area (Å²) in [5, 5.41) is 3.54. The van der Waals surface area contributed by atoms with E-state index in [9.17, 15) is 9.18 Å². The molecule has 1 amide bonds. The molecule has 3 aromatic rings. The molecule has 0 bridgehead atoms. The highest BCUT2D eigenvalue weighted by atomic mass is 32.1. The van der Waals surface area contributed by atoms with Gasteiger partial charge in [-0.15, -0.1) is 22.7 Å². The number of aromatic nitrogens is 2. The summed E-state index contributed by atoms with van der Waals surface area (Å²) in [6.45, 7) is 2.50. The van der Waals surface area contributed by atoms with Crippen molar-refractivity contribution in [2.24, 2.45) is 0 Å². The molecular formula is C17H16FN3OS2. The summed E-state index contributed by atoms with van der Waals surface area (Å²) >= 11 is 2.80. The number of halogens is 1. The second-order valence-electron chi connectivity index (χ2n) is 5.26. The zero-order valence-electron chi connectivity index (χ0n) is 13.3. The molecule has 0 aliphatic carbocycles. The quantitative estimate of drug-likeness (QED) is 0.683. The third-order valence-corrected chi connectivity index (χ3v) is 5.53. The summed E-state index contributed by atoms with van der Waals surface area (Å²) in [7, 11) is 1.73. The number of rotatable bonds is 5. The van der Waals surface area contributed by atoms with Gasteiger partial charge in [-0.3, -0.25) is 4.79 Å². The summed E-state index contributed by atoms with van der Waals surface area (Å²) in [6.07, 6.45) is 2.40. The lowest BCUT2D eigenvalue weighted by Gasteiger charge is -2.14. The van der Waals surface area contributed by atoms with Gasteiger partial charge in [0.05, 0.1) is 23.4 Å². The lowest BCUT2D eigenvalue weighted by atomic mass is 10.2. The van der Waals surface area contributed by atoms with E-state index >= 15 is 0 Å². The van der Waals surface area contributed by atoms with Crippen molar-refractivity contribution in [3.8, 4) is 10.6 Å². The largest absolute Gasteiger partial charge is 0.335 e. The van der Waals surface area contributed by atoms with Crippen molar-refractivity contribution in [2.45, 2.75) is 19.9 Å². The number of nitrogens with zero attached hydrogens (tertiary/aromatic N) is 3. The van der Waals surface area contributed by atoms with Crippen molar-refractivity contribution in [1.82, 2.24) is 14.9 Å². The maximum Gasteiger partial charge on any atom is 0.265 e. The SMILES string of the molecule is CCc1nc(CN(C)C(=O)c2cnc(-c3ccccc3F)s2)cs1.